The lowest BCUT2D eigenvalue weighted by atomic mass is 10.2. The minimum absolute atomic E-state index is 0.542. The molecule has 0 saturated heterocycles. The van der Waals surface area contributed by atoms with Crippen molar-refractivity contribution in [2.45, 2.75) is 27.3 Å². The molecule has 0 amide bonds. The maximum absolute atomic E-state index is 5.36. The van der Waals surface area contributed by atoms with E-state index in [0.717, 1.165) is 17.3 Å². The highest BCUT2D eigenvalue weighted by molar-refractivity contribution is 7.15. The van der Waals surface area contributed by atoms with Crippen LogP contribution in [0.5, 0.6) is 0 Å². The average Bonchev–Trinajstić information content (AvgIpc) is 2.74. The van der Waals surface area contributed by atoms with Crippen molar-refractivity contribution in [1.82, 2.24) is 14.9 Å². The molecule has 0 aliphatic rings. The molecule has 0 aliphatic carbocycles. The van der Waals surface area contributed by atoms with Crippen molar-refractivity contribution < 1.29 is 4.84 Å². The van der Waals surface area contributed by atoms with Crippen LogP contribution in [-0.4, -0.2) is 16.0 Å². The average molecular weight is 239 g/mol. The molecule has 0 unspecified atom stereocenters. The Morgan fingerprint density at radius 1 is 1.56 bits per heavy atom. The third kappa shape index (κ3) is 2.42. The van der Waals surface area contributed by atoms with E-state index in [2.05, 4.69) is 28.7 Å². The quantitative estimate of drug-likeness (QED) is 0.643. The topological polar surface area (TPSA) is 38.6 Å². The minimum Gasteiger partial charge on any atom is -0.301 e. The van der Waals surface area contributed by atoms with E-state index in [1.54, 1.807) is 11.3 Å². The number of nitrogens with zero attached hydrogens (tertiary/aromatic N) is 2. The second kappa shape index (κ2) is 4.95. The molecule has 0 fully saturated rings. The first-order chi connectivity index (χ1) is 7.68. The molecule has 16 heavy (non-hydrogen) atoms. The second-order valence-electron chi connectivity index (χ2n) is 4.23. The van der Waals surface area contributed by atoms with E-state index in [9.17, 15) is 0 Å². The lowest BCUT2D eigenvalue weighted by Crippen LogP contribution is -2.18. The fourth-order valence-electron chi connectivity index (χ4n) is 1.50. The van der Waals surface area contributed by atoms with E-state index < -0.39 is 0 Å². The summed E-state index contributed by atoms with van der Waals surface area (Å²) in [6.07, 6.45) is 2.04. The SMILES string of the molecule is Cc1nc2sccn2c1CNOCC(C)C. The van der Waals surface area contributed by atoms with E-state index in [1.807, 2.05) is 18.5 Å². The summed E-state index contributed by atoms with van der Waals surface area (Å²) in [5.74, 6) is 0.542. The van der Waals surface area contributed by atoms with Gasteiger partial charge in [-0.1, -0.05) is 13.8 Å². The molecule has 0 bridgehead atoms. The van der Waals surface area contributed by atoms with Gasteiger partial charge in [0.1, 0.15) is 0 Å². The lowest BCUT2D eigenvalue weighted by molar-refractivity contribution is 0.0188. The minimum atomic E-state index is 0.542. The van der Waals surface area contributed by atoms with Crippen LogP contribution in [0.25, 0.3) is 4.96 Å². The van der Waals surface area contributed by atoms with Gasteiger partial charge in [-0.25, -0.2) is 4.98 Å². The fraction of sp³-hybridized carbons (Fsp3) is 0.545. The molecule has 4 nitrogen and oxygen atoms in total. The Morgan fingerprint density at radius 2 is 2.38 bits per heavy atom. The Morgan fingerprint density at radius 3 is 3.12 bits per heavy atom. The Hall–Kier alpha value is -0.910. The van der Waals surface area contributed by atoms with Gasteiger partial charge in [0.2, 0.25) is 0 Å². The molecular formula is C11H17N3OS. The molecule has 0 saturated carbocycles. The summed E-state index contributed by atoms with van der Waals surface area (Å²) in [5, 5.41) is 2.04. The van der Waals surface area contributed by atoms with E-state index in [4.69, 9.17) is 4.84 Å². The molecule has 0 atom stereocenters. The molecule has 2 aromatic heterocycles. The van der Waals surface area contributed by atoms with Gasteiger partial charge in [-0.3, -0.25) is 4.40 Å². The van der Waals surface area contributed by atoms with Crippen LogP contribution < -0.4 is 5.48 Å². The summed E-state index contributed by atoms with van der Waals surface area (Å²) < 4.78 is 2.10. The highest BCUT2D eigenvalue weighted by Crippen LogP contribution is 2.16. The van der Waals surface area contributed by atoms with Crippen molar-refractivity contribution in [2.24, 2.45) is 5.92 Å². The van der Waals surface area contributed by atoms with Gasteiger partial charge in [-0.15, -0.1) is 11.3 Å². The van der Waals surface area contributed by atoms with Crippen LogP contribution in [-0.2, 0) is 11.4 Å². The van der Waals surface area contributed by atoms with Crippen molar-refractivity contribution in [2.75, 3.05) is 6.61 Å². The summed E-state index contributed by atoms with van der Waals surface area (Å²) in [6.45, 7) is 7.70. The molecule has 0 spiro atoms. The van der Waals surface area contributed by atoms with Crippen molar-refractivity contribution in [3.05, 3.63) is 23.0 Å². The van der Waals surface area contributed by atoms with Crippen molar-refractivity contribution in [1.29, 1.82) is 0 Å². The van der Waals surface area contributed by atoms with Crippen LogP contribution >= 0.6 is 11.3 Å². The van der Waals surface area contributed by atoms with Gasteiger partial charge in [-0.05, 0) is 12.8 Å². The van der Waals surface area contributed by atoms with Gasteiger partial charge in [0.05, 0.1) is 24.5 Å². The number of aryl methyl sites for hydroxylation is 1. The standard InChI is InChI=1S/C11H17N3OS/c1-8(2)7-15-12-6-10-9(3)13-11-14(10)4-5-16-11/h4-5,8,12H,6-7H2,1-3H3. The van der Waals surface area contributed by atoms with Crippen LogP contribution in [0.2, 0.25) is 0 Å². The van der Waals surface area contributed by atoms with Crippen LogP contribution in [0.15, 0.2) is 11.6 Å². The van der Waals surface area contributed by atoms with E-state index in [1.165, 1.54) is 5.69 Å². The van der Waals surface area contributed by atoms with Gasteiger partial charge < -0.3 is 4.84 Å². The van der Waals surface area contributed by atoms with Gasteiger partial charge in [0.25, 0.3) is 0 Å². The van der Waals surface area contributed by atoms with E-state index in [-0.39, 0.29) is 0 Å². The number of aromatic nitrogens is 2. The summed E-state index contributed by atoms with van der Waals surface area (Å²) in [5.41, 5.74) is 5.21. The van der Waals surface area contributed by atoms with Crippen LogP contribution in [0, 0.1) is 12.8 Å². The number of fused-ring (bicyclic) bond motifs is 1. The predicted octanol–water partition coefficient (Wildman–Crippen LogP) is 2.38. The summed E-state index contributed by atoms with van der Waals surface area (Å²) >= 11 is 1.65. The highest BCUT2D eigenvalue weighted by atomic mass is 32.1. The Bertz CT molecular complexity index is 461. The monoisotopic (exact) mass is 239 g/mol. The Kier molecular flexibility index (Phi) is 3.58. The highest BCUT2D eigenvalue weighted by Gasteiger charge is 2.08. The molecule has 2 rings (SSSR count). The second-order valence-corrected chi connectivity index (χ2v) is 5.10. The van der Waals surface area contributed by atoms with Crippen LogP contribution in [0.1, 0.15) is 25.2 Å². The first-order valence-corrected chi connectivity index (χ1v) is 6.32. The number of imidazole rings is 1. The molecule has 1 N–H and O–H groups in total. The Labute approximate surface area is 99.2 Å². The van der Waals surface area contributed by atoms with Crippen molar-refractivity contribution in [3.8, 4) is 0 Å². The smallest absolute Gasteiger partial charge is 0.194 e. The third-order valence-electron chi connectivity index (χ3n) is 2.32. The predicted molar refractivity (Wildman–Crippen MR) is 65.4 cm³/mol. The van der Waals surface area contributed by atoms with Crippen molar-refractivity contribution in [3.63, 3.8) is 0 Å². The van der Waals surface area contributed by atoms with Gasteiger partial charge in [0, 0.05) is 11.6 Å². The summed E-state index contributed by atoms with van der Waals surface area (Å²) in [7, 11) is 0. The number of rotatable bonds is 5. The fourth-order valence-corrected chi connectivity index (χ4v) is 2.28. The van der Waals surface area contributed by atoms with E-state index >= 15 is 0 Å². The summed E-state index contributed by atoms with van der Waals surface area (Å²) in [6, 6.07) is 0. The zero-order valence-corrected chi connectivity index (χ0v) is 10.7. The first-order valence-electron chi connectivity index (χ1n) is 5.44. The molecule has 2 aromatic rings. The maximum atomic E-state index is 5.36. The molecule has 0 radical (unpaired) electrons. The van der Waals surface area contributed by atoms with Gasteiger partial charge >= 0.3 is 0 Å². The van der Waals surface area contributed by atoms with Crippen molar-refractivity contribution >= 4 is 16.3 Å². The molecule has 88 valence electrons. The Balaban J connectivity index is 1.98. The third-order valence-corrected chi connectivity index (χ3v) is 3.08. The first kappa shape index (κ1) is 11.6. The molecular weight excluding hydrogens is 222 g/mol. The number of nitrogens with one attached hydrogen (secondary N) is 1. The van der Waals surface area contributed by atoms with Gasteiger partial charge in [0.15, 0.2) is 4.96 Å². The largest absolute Gasteiger partial charge is 0.301 e. The normalized spacial score (nSPS) is 11.8. The number of thiazole rings is 1. The van der Waals surface area contributed by atoms with Crippen LogP contribution in [0.3, 0.4) is 0 Å². The summed E-state index contributed by atoms with van der Waals surface area (Å²) in [4.78, 5) is 10.9. The molecule has 0 aromatic carbocycles. The van der Waals surface area contributed by atoms with E-state index in [0.29, 0.717) is 12.5 Å². The maximum Gasteiger partial charge on any atom is 0.194 e. The number of hydroxylamine groups is 1. The zero-order valence-electron chi connectivity index (χ0n) is 9.86. The zero-order chi connectivity index (χ0) is 11.5. The molecule has 5 heteroatoms. The number of hydrogen-bond donors (Lipinski definition) is 1. The van der Waals surface area contributed by atoms with Gasteiger partial charge in [-0.2, -0.15) is 5.48 Å². The number of hydrogen-bond acceptors (Lipinski definition) is 4. The lowest BCUT2D eigenvalue weighted by Gasteiger charge is -2.07. The molecule has 2 heterocycles. The van der Waals surface area contributed by atoms with Crippen LogP contribution in [0.4, 0.5) is 0 Å². The molecule has 0 aliphatic heterocycles.